The van der Waals surface area contributed by atoms with Crippen LogP contribution >= 0.6 is 11.3 Å². The largest absolute Gasteiger partial charge is 0.481 e. The Morgan fingerprint density at radius 3 is 2.60 bits per heavy atom. The number of anilines is 2. The minimum Gasteiger partial charge on any atom is -0.481 e. The zero-order valence-corrected chi connectivity index (χ0v) is 20.2. The average Bonchev–Trinajstić information content (AvgIpc) is 3.23. The average molecular weight is 507 g/mol. The second-order valence-electron chi connectivity index (χ2n) is 9.66. The van der Waals surface area contributed by atoms with E-state index in [-0.39, 0.29) is 12.2 Å². The van der Waals surface area contributed by atoms with E-state index in [9.17, 15) is 28.2 Å². The molecular weight excluding hydrogens is 481 g/mol. The molecule has 2 aromatic heterocycles. The second kappa shape index (κ2) is 8.87. The monoisotopic (exact) mass is 506 g/mol. The van der Waals surface area contributed by atoms with Crippen molar-refractivity contribution in [2.75, 3.05) is 5.32 Å². The fourth-order valence-electron chi connectivity index (χ4n) is 4.71. The first kappa shape index (κ1) is 25.1. The molecule has 2 atom stereocenters. The second-order valence-corrected chi connectivity index (χ2v) is 10.7. The van der Waals surface area contributed by atoms with E-state index in [0.29, 0.717) is 29.7 Å². The lowest BCUT2D eigenvalue weighted by molar-refractivity contribution is -0.154. The zero-order valence-electron chi connectivity index (χ0n) is 19.3. The third-order valence-electron chi connectivity index (χ3n) is 6.30. The quantitative estimate of drug-likeness (QED) is 0.403. The van der Waals surface area contributed by atoms with Gasteiger partial charge in [-0.05, 0) is 54.9 Å². The van der Waals surface area contributed by atoms with E-state index in [4.69, 9.17) is 0 Å². The Balaban J connectivity index is 1.59. The van der Waals surface area contributed by atoms with Gasteiger partial charge in [0.15, 0.2) is 5.69 Å². The zero-order chi connectivity index (χ0) is 25.6. The lowest BCUT2D eigenvalue weighted by Gasteiger charge is -2.44. The summed E-state index contributed by atoms with van der Waals surface area (Å²) in [6.45, 7) is 5.55. The molecule has 0 spiro atoms. The van der Waals surface area contributed by atoms with Gasteiger partial charge in [0.05, 0.1) is 23.2 Å². The van der Waals surface area contributed by atoms with Crippen LogP contribution in [0.5, 0.6) is 0 Å². The summed E-state index contributed by atoms with van der Waals surface area (Å²) in [5.41, 5.74) is -0.741. The SMILES string of the molecule is Cc1cc(Nc2cncc(C(F)(F)F)n2)cc(-c2cnc(C3(O)CCC(C(=O)O)C(C)(C)C3)s2)c1. The maximum atomic E-state index is 13.0. The number of carboxylic acid groups (broad SMARTS) is 1. The Morgan fingerprint density at radius 2 is 1.94 bits per heavy atom. The lowest BCUT2D eigenvalue weighted by Crippen LogP contribution is -2.44. The van der Waals surface area contributed by atoms with E-state index in [1.165, 1.54) is 17.5 Å². The molecule has 2 unspecified atom stereocenters. The summed E-state index contributed by atoms with van der Waals surface area (Å²) in [6, 6.07) is 5.45. The van der Waals surface area contributed by atoms with Crippen molar-refractivity contribution in [3.05, 3.63) is 53.1 Å². The van der Waals surface area contributed by atoms with Crippen LogP contribution in [0, 0.1) is 18.3 Å². The van der Waals surface area contributed by atoms with Crippen LogP contribution < -0.4 is 5.32 Å². The Labute approximate surface area is 204 Å². The predicted molar refractivity (Wildman–Crippen MR) is 125 cm³/mol. The number of carbonyl (C=O) groups is 1. The van der Waals surface area contributed by atoms with Crippen LogP contribution in [0.25, 0.3) is 10.4 Å². The van der Waals surface area contributed by atoms with Crippen molar-refractivity contribution in [1.29, 1.82) is 0 Å². The van der Waals surface area contributed by atoms with Crippen LogP contribution in [0.15, 0.2) is 36.8 Å². The van der Waals surface area contributed by atoms with Crippen molar-refractivity contribution in [1.82, 2.24) is 15.0 Å². The molecular formula is C24H25F3N4O3S. The van der Waals surface area contributed by atoms with Gasteiger partial charge in [-0.1, -0.05) is 19.9 Å². The highest BCUT2D eigenvalue weighted by Gasteiger charge is 2.49. The van der Waals surface area contributed by atoms with Crippen LogP contribution in [0.1, 0.15) is 49.4 Å². The summed E-state index contributed by atoms with van der Waals surface area (Å²) in [5, 5.41) is 24.3. The van der Waals surface area contributed by atoms with E-state index in [1.54, 1.807) is 18.3 Å². The van der Waals surface area contributed by atoms with Crippen molar-refractivity contribution in [2.45, 2.75) is 51.8 Å². The van der Waals surface area contributed by atoms with Gasteiger partial charge in [0.25, 0.3) is 0 Å². The summed E-state index contributed by atoms with van der Waals surface area (Å²) in [6.07, 6.45) is -0.135. The third kappa shape index (κ3) is 5.30. The third-order valence-corrected chi connectivity index (χ3v) is 7.54. The summed E-state index contributed by atoms with van der Waals surface area (Å²) in [7, 11) is 0. The van der Waals surface area contributed by atoms with Gasteiger partial charge in [0.1, 0.15) is 16.4 Å². The van der Waals surface area contributed by atoms with Crippen molar-refractivity contribution >= 4 is 28.8 Å². The topological polar surface area (TPSA) is 108 Å². The number of aliphatic carboxylic acids is 1. The molecule has 1 aliphatic carbocycles. The predicted octanol–water partition coefficient (Wildman–Crippen LogP) is 5.77. The summed E-state index contributed by atoms with van der Waals surface area (Å²) in [4.78, 5) is 24.1. The molecule has 0 radical (unpaired) electrons. The van der Waals surface area contributed by atoms with Crippen LogP contribution in [-0.2, 0) is 16.6 Å². The molecule has 7 nitrogen and oxygen atoms in total. The molecule has 3 N–H and O–H groups in total. The van der Waals surface area contributed by atoms with Crippen molar-refractivity contribution in [2.24, 2.45) is 11.3 Å². The van der Waals surface area contributed by atoms with E-state index >= 15 is 0 Å². The first-order valence-corrected chi connectivity index (χ1v) is 11.8. The number of aliphatic hydroxyl groups is 1. The fraction of sp³-hybridized carbons (Fsp3) is 0.417. The molecule has 0 saturated heterocycles. The first-order valence-electron chi connectivity index (χ1n) is 11.0. The Hall–Kier alpha value is -3.05. The number of hydrogen-bond acceptors (Lipinski definition) is 7. The number of carboxylic acids is 1. The molecule has 0 aliphatic heterocycles. The van der Waals surface area contributed by atoms with E-state index in [1.807, 2.05) is 26.8 Å². The van der Waals surface area contributed by atoms with Crippen LogP contribution in [0.3, 0.4) is 0 Å². The van der Waals surface area contributed by atoms with Gasteiger partial charge in [-0.15, -0.1) is 11.3 Å². The van der Waals surface area contributed by atoms with Gasteiger partial charge >= 0.3 is 12.1 Å². The Kier molecular flexibility index (Phi) is 6.35. The molecule has 35 heavy (non-hydrogen) atoms. The number of aromatic nitrogens is 3. The summed E-state index contributed by atoms with van der Waals surface area (Å²) < 4.78 is 38.9. The van der Waals surface area contributed by atoms with Crippen molar-refractivity contribution < 1.29 is 28.2 Å². The number of benzene rings is 1. The number of halogens is 3. The van der Waals surface area contributed by atoms with Gasteiger partial charge < -0.3 is 15.5 Å². The Morgan fingerprint density at radius 1 is 1.20 bits per heavy atom. The minimum atomic E-state index is -4.60. The highest BCUT2D eigenvalue weighted by molar-refractivity contribution is 7.15. The number of alkyl halides is 3. The van der Waals surface area contributed by atoms with Gasteiger partial charge in [-0.2, -0.15) is 13.2 Å². The molecule has 1 aliphatic rings. The van der Waals surface area contributed by atoms with Crippen LogP contribution in [0.2, 0.25) is 0 Å². The first-order chi connectivity index (χ1) is 16.3. The standard InChI is InChI=1S/C24H25F3N4O3S/c1-13-6-14(8-15(7-13)30-19-11-28-10-18(31-19)24(25,26)27)17-9-29-21(35-17)23(34)5-4-16(20(32)33)22(2,3)12-23/h6-11,16,34H,4-5,12H2,1-3H3,(H,30,31)(H,32,33). The molecule has 0 bridgehead atoms. The molecule has 0 amide bonds. The van der Waals surface area contributed by atoms with Gasteiger partial charge in [-0.3, -0.25) is 9.78 Å². The normalized spacial score (nSPS) is 22.1. The van der Waals surface area contributed by atoms with Crippen molar-refractivity contribution in [3.63, 3.8) is 0 Å². The summed E-state index contributed by atoms with van der Waals surface area (Å²) in [5.74, 6) is -1.43. The van der Waals surface area contributed by atoms with E-state index in [0.717, 1.165) is 16.0 Å². The van der Waals surface area contributed by atoms with Crippen molar-refractivity contribution in [3.8, 4) is 10.4 Å². The highest BCUT2D eigenvalue weighted by Crippen LogP contribution is 2.51. The summed E-state index contributed by atoms with van der Waals surface area (Å²) >= 11 is 1.32. The number of aryl methyl sites for hydroxylation is 1. The lowest BCUT2D eigenvalue weighted by atomic mass is 9.63. The number of nitrogens with zero attached hydrogens (tertiary/aromatic N) is 3. The maximum absolute atomic E-state index is 13.0. The van der Waals surface area contributed by atoms with Gasteiger partial charge in [0.2, 0.25) is 0 Å². The number of nitrogens with one attached hydrogen (secondary N) is 1. The maximum Gasteiger partial charge on any atom is 0.434 e. The number of rotatable bonds is 5. The van der Waals surface area contributed by atoms with Gasteiger partial charge in [-0.25, -0.2) is 9.97 Å². The highest BCUT2D eigenvalue weighted by atomic mass is 32.1. The molecule has 3 aromatic rings. The molecule has 4 rings (SSSR count). The smallest absolute Gasteiger partial charge is 0.434 e. The molecule has 2 heterocycles. The van der Waals surface area contributed by atoms with Crippen LogP contribution in [0.4, 0.5) is 24.7 Å². The van der Waals surface area contributed by atoms with Gasteiger partial charge in [0, 0.05) is 11.9 Å². The van der Waals surface area contributed by atoms with Crippen LogP contribution in [-0.4, -0.2) is 31.1 Å². The molecule has 1 saturated carbocycles. The molecule has 1 fully saturated rings. The van der Waals surface area contributed by atoms with E-state index in [2.05, 4.69) is 20.3 Å². The minimum absolute atomic E-state index is 0.0342. The van der Waals surface area contributed by atoms with E-state index < -0.39 is 34.8 Å². The molecule has 186 valence electrons. The number of thiazole rings is 1. The fourth-order valence-corrected chi connectivity index (χ4v) is 5.73. The molecule has 1 aromatic carbocycles. The molecule has 11 heteroatoms. The number of hydrogen-bond donors (Lipinski definition) is 3. The Bertz CT molecular complexity index is 1260.